The SMILES string of the molecule is C.CC1NC(=O)OC1C. The van der Waals surface area contributed by atoms with Crippen LogP contribution in [0.4, 0.5) is 4.79 Å². The molecule has 0 radical (unpaired) electrons. The molecule has 3 heteroatoms. The fourth-order valence-electron chi connectivity index (χ4n) is 0.608. The highest BCUT2D eigenvalue weighted by Gasteiger charge is 2.25. The number of nitrogens with one attached hydrogen (secondary N) is 1. The molecule has 0 bridgehead atoms. The van der Waals surface area contributed by atoms with Gasteiger partial charge in [0, 0.05) is 0 Å². The summed E-state index contributed by atoms with van der Waals surface area (Å²) in [7, 11) is 0. The van der Waals surface area contributed by atoms with Gasteiger partial charge in [-0.1, -0.05) is 7.43 Å². The molecular formula is C6H13NO2. The van der Waals surface area contributed by atoms with Gasteiger partial charge in [0.05, 0.1) is 6.04 Å². The monoisotopic (exact) mass is 131 g/mol. The van der Waals surface area contributed by atoms with Gasteiger partial charge in [0.15, 0.2) is 0 Å². The first-order valence-corrected chi connectivity index (χ1v) is 2.67. The molecule has 0 aromatic carbocycles. The highest BCUT2D eigenvalue weighted by molar-refractivity contribution is 5.69. The first-order chi connectivity index (χ1) is 3.70. The van der Waals surface area contributed by atoms with Crippen LogP contribution in [0.15, 0.2) is 0 Å². The third kappa shape index (κ3) is 1.59. The Balaban J connectivity index is 0.000000640. The molecule has 1 saturated heterocycles. The highest BCUT2D eigenvalue weighted by Crippen LogP contribution is 2.05. The topological polar surface area (TPSA) is 38.3 Å². The van der Waals surface area contributed by atoms with E-state index in [2.05, 4.69) is 5.32 Å². The van der Waals surface area contributed by atoms with E-state index in [4.69, 9.17) is 4.74 Å². The Morgan fingerprint density at radius 3 is 2.22 bits per heavy atom. The van der Waals surface area contributed by atoms with Crippen LogP contribution in [-0.2, 0) is 4.74 Å². The average molecular weight is 131 g/mol. The van der Waals surface area contributed by atoms with Crippen molar-refractivity contribution in [1.82, 2.24) is 5.32 Å². The number of rotatable bonds is 0. The van der Waals surface area contributed by atoms with Crippen molar-refractivity contribution >= 4 is 6.09 Å². The molecule has 1 N–H and O–H groups in total. The second-order valence-electron chi connectivity index (χ2n) is 2.04. The van der Waals surface area contributed by atoms with Crippen LogP contribution in [0.3, 0.4) is 0 Å². The van der Waals surface area contributed by atoms with Gasteiger partial charge in [-0.05, 0) is 13.8 Å². The zero-order valence-electron chi connectivity index (χ0n) is 4.97. The zero-order chi connectivity index (χ0) is 6.15. The Labute approximate surface area is 55.4 Å². The van der Waals surface area contributed by atoms with E-state index in [0.717, 1.165) is 0 Å². The molecule has 0 saturated carbocycles. The van der Waals surface area contributed by atoms with E-state index in [1.165, 1.54) is 0 Å². The van der Waals surface area contributed by atoms with Crippen molar-refractivity contribution in [3.05, 3.63) is 0 Å². The van der Waals surface area contributed by atoms with Gasteiger partial charge in [0.25, 0.3) is 0 Å². The largest absolute Gasteiger partial charge is 0.444 e. The predicted octanol–water partition coefficient (Wildman–Crippen LogP) is 1.14. The molecule has 0 aromatic rings. The number of hydrogen-bond donors (Lipinski definition) is 1. The average Bonchev–Trinajstić information content (AvgIpc) is 1.85. The van der Waals surface area contributed by atoms with Crippen molar-refractivity contribution in [2.24, 2.45) is 0 Å². The standard InChI is InChI=1S/C5H9NO2.CH4/c1-3-4(2)8-5(7)6-3;/h3-4H,1-2H3,(H,6,7);1H4. The number of alkyl carbamates (subject to hydrolysis) is 1. The summed E-state index contributed by atoms with van der Waals surface area (Å²) in [6.45, 7) is 3.78. The third-order valence-corrected chi connectivity index (χ3v) is 1.34. The van der Waals surface area contributed by atoms with Gasteiger partial charge in [-0.25, -0.2) is 4.79 Å². The van der Waals surface area contributed by atoms with Crippen molar-refractivity contribution in [3.8, 4) is 0 Å². The van der Waals surface area contributed by atoms with Crippen molar-refractivity contribution in [2.45, 2.75) is 33.4 Å². The minimum absolute atomic E-state index is 0. The summed E-state index contributed by atoms with van der Waals surface area (Å²) in [6.07, 6.45) is -0.271. The molecule has 2 atom stereocenters. The van der Waals surface area contributed by atoms with Crippen LogP contribution in [0.25, 0.3) is 0 Å². The summed E-state index contributed by atoms with van der Waals surface area (Å²) in [6, 6.07) is 0.169. The van der Waals surface area contributed by atoms with E-state index in [1.807, 2.05) is 13.8 Å². The summed E-state index contributed by atoms with van der Waals surface area (Å²) in [5, 5.41) is 2.61. The van der Waals surface area contributed by atoms with E-state index >= 15 is 0 Å². The molecule has 3 nitrogen and oxygen atoms in total. The molecule has 0 spiro atoms. The quantitative estimate of drug-likeness (QED) is 0.535. The molecule has 0 aliphatic carbocycles. The molecule has 2 unspecified atom stereocenters. The van der Waals surface area contributed by atoms with Gasteiger partial charge in [0.1, 0.15) is 6.10 Å². The second-order valence-corrected chi connectivity index (χ2v) is 2.04. The minimum atomic E-state index is -0.301. The highest BCUT2D eigenvalue weighted by atomic mass is 16.6. The summed E-state index contributed by atoms with van der Waals surface area (Å²) >= 11 is 0. The van der Waals surface area contributed by atoms with Gasteiger partial charge in [-0.2, -0.15) is 0 Å². The maximum atomic E-state index is 10.3. The van der Waals surface area contributed by atoms with Gasteiger partial charge in [-0.15, -0.1) is 0 Å². The third-order valence-electron chi connectivity index (χ3n) is 1.34. The van der Waals surface area contributed by atoms with Gasteiger partial charge >= 0.3 is 6.09 Å². The van der Waals surface area contributed by atoms with Crippen molar-refractivity contribution in [1.29, 1.82) is 0 Å². The van der Waals surface area contributed by atoms with E-state index in [1.54, 1.807) is 0 Å². The number of hydrogen-bond acceptors (Lipinski definition) is 2. The lowest BCUT2D eigenvalue weighted by Gasteiger charge is -2.02. The van der Waals surface area contributed by atoms with Gasteiger partial charge in [0.2, 0.25) is 0 Å². The number of carbonyl (C=O) groups is 1. The van der Waals surface area contributed by atoms with Crippen LogP contribution in [-0.4, -0.2) is 18.2 Å². The van der Waals surface area contributed by atoms with Crippen molar-refractivity contribution in [3.63, 3.8) is 0 Å². The summed E-state index contributed by atoms with van der Waals surface area (Å²) < 4.78 is 4.72. The zero-order valence-corrected chi connectivity index (χ0v) is 4.97. The van der Waals surface area contributed by atoms with Gasteiger partial charge < -0.3 is 10.1 Å². The Morgan fingerprint density at radius 2 is 2.11 bits per heavy atom. The lowest BCUT2D eigenvalue weighted by Crippen LogP contribution is -2.25. The second kappa shape index (κ2) is 2.71. The first-order valence-electron chi connectivity index (χ1n) is 2.67. The number of carbonyl (C=O) groups excluding carboxylic acids is 1. The lowest BCUT2D eigenvalue weighted by molar-refractivity contribution is 0.142. The maximum absolute atomic E-state index is 10.3. The molecular weight excluding hydrogens is 118 g/mol. The first kappa shape index (κ1) is 8.27. The summed E-state index contributed by atoms with van der Waals surface area (Å²) in [5.74, 6) is 0. The Hall–Kier alpha value is -0.730. The Morgan fingerprint density at radius 1 is 1.56 bits per heavy atom. The van der Waals surface area contributed by atoms with Crippen LogP contribution in [0, 0.1) is 0 Å². The molecule has 54 valence electrons. The summed E-state index contributed by atoms with van der Waals surface area (Å²) in [4.78, 5) is 10.3. The lowest BCUT2D eigenvalue weighted by atomic mass is 10.2. The molecule has 9 heavy (non-hydrogen) atoms. The van der Waals surface area contributed by atoms with Crippen molar-refractivity contribution in [2.75, 3.05) is 0 Å². The maximum Gasteiger partial charge on any atom is 0.407 e. The number of ether oxygens (including phenoxy) is 1. The van der Waals surface area contributed by atoms with E-state index in [9.17, 15) is 4.79 Å². The Kier molecular flexibility index (Phi) is 2.49. The predicted molar refractivity (Wildman–Crippen MR) is 35.3 cm³/mol. The molecule has 1 rings (SSSR count). The number of cyclic esters (lactones) is 1. The van der Waals surface area contributed by atoms with Crippen LogP contribution in [0.1, 0.15) is 21.3 Å². The molecule has 1 fully saturated rings. The Bertz CT molecular complexity index is 102. The molecule has 1 amide bonds. The smallest absolute Gasteiger partial charge is 0.407 e. The van der Waals surface area contributed by atoms with Gasteiger partial charge in [-0.3, -0.25) is 0 Å². The number of amides is 1. The molecule has 0 aromatic heterocycles. The van der Waals surface area contributed by atoms with Crippen LogP contribution >= 0.6 is 0 Å². The van der Waals surface area contributed by atoms with E-state index < -0.39 is 0 Å². The fraction of sp³-hybridized carbons (Fsp3) is 0.833. The van der Waals surface area contributed by atoms with Crippen LogP contribution < -0.4 is 5.32 Å². The van der Waals surface area contributed by atoms with E-state index in [0.29, 0.717) is 0 Å². The van der Waals surface area contributed by atoms with Crippen LogP contribution in [0.5, 0.6) is 0 Å². The fourth-order valence-corrected chi connectivity index (χ4v) is 0.608. The molecule has 1 aliphatic rings. The van der Waals surface area contributed by atoms with Crippen molar-refractivity contribution < 1.29 is 9.53 Å². The normalized spacial score (nSPS) is 32.4. The molecule has 1 heterocycles. The minimum Gasteiger partial charge on any atom is -0.444 e. The molecule has 1 aliphatic heterocycles. The van der Waals surface area contributed by atoms with E-state index in [-0.39, 0.29) is 25.7 Å². The van der Waals surface area contributed by atoms with Crippen LogP contribution in [0.2, 0.25) is 0 Å². The summed E-state index contributed by atoms with van der Waals surface area (Å²) in [5.41, 5.74) is 0.